The summed E-state index contributed by atoms with van der Waals surface area (Å²) in [4.78, 5) is 4.36. The maximum absolute atomic E-state index is 13.3. The minimum Gasteiger partial charge on any atom is -0.419 e. The molecule has 0 aliphatic heterocycles. The number of benzene rings is 3. The zero-order valence-corrected chi connectivity index (χ0v) is 18.8. The van der Waals surface area contributed by atoms with Crippen LogP contribution >= 0.6 is 15.9 Å². The summed E-state index contributed by atoms with van der Waals surface area (Å²) in [6.07, 6.45) is 0. The molecule has 31 heavy (non-hydrogen) atoms. The summed E-state index contributed by atoms with van der Waals surface area (Å²) in [5.41, 5.74) is 1.42. The van der Waals surface area contributed by atoms with Crippen LogP contribution in [0.25, 0.3) is 11.5 Å². The SMILES string of the molecule is CC(Nc1oc(-c2ccc(F)cc2)nc1S(=O)(=O)c1ccc(Br)cc1)c1ccccc1. The van der Waals surface area contributed by atoms with Crippen LogP contribution in [0.5, 0.6) is 0 Å². The smallest absolute Gasteiger partial charge is 0.234 e. The maximum atomic E-state index is 13.3. The first-order chi connectivity index (χ1) is 14.8. The molecule has 0 bridgehead atoms. The summed E-state index contributed by atoms with van der Waals surface area (Å²) in [5.74, 6) is -0.300. The number of nitrogens with zero attached hydrogens (tertiary/aromatic N) is 1. The molecule has 1 unspecified atom stereocenters. The number of sulfone groups is 1. The Morgan fingerprint density at radius 1 is 0.968 bits per heavy atom. The quantitative estimate of drug-likeness (QED) is 0.338. The lowest BCUT2D eigenvalue weighted by Crippen LogP contribution is -2.10. The number of rotatable bonds is 6. The van der Waals surface area contributed by atoms with E-state index in [1.165, 1.54) is 36.4 Å². The minimum atomic E-state index is -3.97. The van der Waals surface area contributed by atoms with Crippen LogP contribution in [-0.2, 0) is 9.84 Å². The zero-order valence-electron chi connectivity index (χ0n) is 16.4. The van der Waals surface area contributed by atoms with Crippen LogP contribution in [0.4, 0.5) is 10.3 Å². The molecule has 1 atom stereocenters. The number of halogens is 2. The molecule has 1 heterocycles. The fourth-order valence-electron chi connectivity index (χ4n) is 3.04. The molecule has 1 N–H and O–H groups in total. The van der Waals surface area contributed by atoms with Gasteiger partial charge >= 0.3 is 0 Å². The lowest BCUT2D eigenvalue weighted by atomic mass is 10.1. The van der Waals surface area contributed by atoms with Gasteiger partial charge in [-0.1, -0.05) is 46.3 Å². The number of anilines is 1. The number of hydrogen-bond donors (Lipinski definition) is 1. The van der Waals surface area contributed by atoms with Gasteiger partial charge in [0.05, 0.1) is 10.9 Å². The monoisotopic (exact) mass is 500 g/mol. The molecular weight excluding hydrogens is 483 g/mol. The Bertz CT molecular complexity index is 1290. The second-order valence-corrected chi connectivity index (χ2v) is 9.67. The van der Waals surface area contributed by atoms with E-state index >= 15 is 0 Å². The van der Waals surface area contributed by atoms with Crippen LogP contribution in [0.1, 0.15) is 18.5 Å². The molecule has 1 aromatic heterocycles. The van der Waals surface area contributed by atoms with Gasteiger partial charge in [-0.15, -0.1) is 0 Å². The molecule has 0 fully saturated rings. The first kappa shape index (κ1) is 21.3. The van der Waals surface area contributed by atoms with Crippen LogP contribution in [-0.4, -0.2) is 13.4 Å². The second kappa shape index (κ2) is 8.64. The summed E-state index contributed by atoms with van der Waals surface area (Å²) in [5, 5.41) is 2.90. The van der Waals surface area contributed by atoms with Gasteiger partial charge in [-0.3, -0.25) is 0 Å². The molecule has 8 heteroatoms. The molecular formula is C23H18BrFN2O3S. The van der Waals surface area contributed by atoms with Gasteiger partial charge in [0.25, 0.3) is 0 Å². The third kappa shape index (κ3) is 4.55. The Hall–Kier alpha value is -2.97. The predicted molar refractivity (Wildman–Crippen MR) is 120 cm³/mol. The fraction of sp³-hybridized carbons (Fsp3) is 0.0870. The average molecular weight is 501 g/mol. The van der Waals surface area contributed by atoms with Crippen molar-refractivity contribution in [1.29, 1.82) is 0 Å². The molecule has 0 spiro atoms. The molecule has 0 saturated carbocycles. The molecule has 4 aromatic rings. The second-order valence-electron chi connectivity index (χ2n) is 6.89. The standard InChI is InChI=1S/C23H18BrFN2O3S/c1-15(16-5-3-2-4-6-16)26-22-23(31(28,29)20-13-9-18(24)10-14-20)27-21(30-22)17-7-11-19(25)12-8-17/h2-15,26H,1H3. The van der Waals surface area contributed by atoms with Gasteiger partial charge in [0.1, 0.15) is 5.82 Å². The molecule has 0 aliphatic rings. The van der Waals surface area contributed by atoms with Crippen molar-refractivity contribution in [3.05, 3.63) is 94.7 Å². The summed E-state index contributed by atoms with van der Waals surface area (Å²) in [6, 6.07) is 21.1. The van der Waals surface area contributed by atoms with Crippen molar-refractivity contribution in [1.82, 2.24) is 4.98 Å². The number of nitrogens with one attached hydrogen (secondary N) is 1. The summed E-state index contributed by atoms with van der Waals surface area (Å²) >= 11 is 3.31. The van der Waals surface area contributed by atoms with E-state index in [9.17, 15) is 12.8 Å². The molecule has 3 aromatic carbocycles. The minimum absolute atomic E-state index is 0.0265. The Morgan fingerprint density at radius 3 is 2.26 bits per heavy atom. The molecule has 0 amide bonds. The van der Waals surface area contributed by atoms with Crippen molar-refractivity contribution < 1.29 is 17.2 Å². The molecule has 0 radical (unpaired) electrons. The molecule has 5 nitrogen and oxygen atoms in total. The highest BCUT2D eigenvalue weighted by Crippen LogP contribution is 2.34. The maximum Gasteiger partial charge on any atom is 0.234 e. The summed E-state index contributed by atoms with van der Waals surface area (Å²) in [7, 11) is -3.97. The Morgan fingerprint density at radius 2 is 1.61 bits per heavy atom. The normalized spacial score (nSPS) is 12.5. The topological polar surface area (TPSA) is 72.2 Å². The molecule has 4 rings (SSSR count). The predicted octanol–water partition coefficient (Wildman–Crippen LogP) is 6.25. The largest absolute Gasteiger partial charge is 0.419 e. The van der Waals surface area contributed by atoms with Gasteiger partial charge in [-0.25, -0.2) is 12.8 Å². The van der Waals surface area contributed by atoms with Crippen LogP contribution < -0.4 is 5.32 Å². The average Bonchev–Trinajstić information content (AvgIpc) is 3.20. The van der Waals surface area contributed by atoms with Gasteiger partial charge in [-0.2, -0.15) is 4.98 Å². The molecule has 0 saturated heterocycles. The van der Waals surface area contributed by atoms with Gasteiger partial charge in [0, 0.05) is 10.0 Å². The van der Waals surface area contributed by atoms with Crippen LogP contribution in [0.3, 0.4) is 0 Å². The van der Waals surface area contributed by atoms with Crippen molar-refractivity contribution in [2.24, 2.45) is 0 Å². The van der Waals surface area contributed by atoms with Crippen molar-refractivity contribution in [3.63, 3.8) is 0 Å². The van der Waals surface area contributed by atoms with Crippen LogP contribution in [0, 0.1) is 5.82 Å². The highest BCUT2D eigenvalue weighted by molar-refractivity contribution is 9.10. The third-order valence-electron chi connectivity index (χ3n) is 4.71. The first-order valence-corrected chi connectivity index (χ1v) is 11.7. The van der Waals surface area contributed by atoms with Crippen LogP contribution in [0.2, 0.25) is 0 Å². The highest BCUT2D eigenvalue weighted by Gasteiger charge is 2.29. The Kier molecular flexibility index (Phi) is 5.93. The number of aromatic nitrogens is 1. The van der Waals surface area contributed by atoms with E-state index in [0.717, 1.165) is 10.0 Å². The van der Waals surface area contributed by atoms with E-state index < -0.39 is 15.7 Å². The lowest BCUT2D eigenvalue weighted by molar-refractivity contribution is 0.570. The summed E-state index contributed by atoms with van der Waals surface area (Å²) in [6.45, 7) is 1.89. The van der Waals surface area contributed by atoms with Crippen molar-refractivity contribution in [2.75, 3.05) is 5.32 Å². The van der Waals surface area contributed by atoms with Crippen LogP contribution in [0.15, 0.2) is 97.7 Å². The van der Waals surface area contributed by atoms with E-state index in [1.54, 1.807) is 12.1 Å². The number of oxazole rings is 1. The van der Waals surface area contributed by atoms with Crippen molar-refractivity contribution in [2.45, 2.75) is 22.9 Å². The van der Waals surface area contributed by atoms with E-state index in [0.29, 0.717) is 5.56 Å². The van der Waals surface area contributed by atoms with Gasteiger partial charge in [0.15, 0.2) is 0 Å². The van der Waals surface area contributed by atoms with Gasteiger partial charge in [-0.05, 0) is 61.0 Å². The van der Waals surface area contributed by atoms with Crippen molar-refractivity contribution >= 4 is 31.7 Å². The van der Waals surface area contributed by atoms with Gasteiger partial charge in [0.2, 0.25) is 26.6 Å². The van der Waals surface area contributed by atoms with Crippen molar-refractivity contribution in [3.8, 4) is 11.5 Å². The van der Waals surface area contributed by atoms with Gasteiger partial charge < -0.3 is 9.73 Å². The first-order valence-electron chi connectivity index (χ1n) is 9.43. The summed E-state index contributed by atoms with van der Waals surface area (Å²) < 4.78 is 46.6. The Balaban J connectivity index is 1.80. The van der Waals surface area contributed by atoms with E-state index in [-0.39, 0.29) is 27.7 Å². The Labute approximate surface area is 188 Å². The fourth-order valence-corrected chi connectivity index (χ4v) is 4.57. The third-order valence-corrected chi connectivity index (χ3v) is 6.92. The highest BCUT2D eigenvalue weighted by atomic mass is 79.9. The molecule has 158 valence electrons. The zero-order chi connectivity index (χ0) is 22.0. The van der Waals surface area contributed by atoms with E-state index in [4.69, 9.17) is 4.42 Å². The van der Waals surface area contributed by atoms with E-state index in [2.05, 4.69) is 26.2 Å². The van der Waals surface area contributed by atoms with E-state index in [1.807, 2.05) is 37.3 Å². The number of hydrogen-bond acceptors (Lipinski definition) is 5. The lowest BCUT2D eigenvalue weighted by Gasteiger charge is -2.14. The molecule has 0 aliphatic carbocycles.